The van der Waals surface area contributed by atoms with Crippen molar-refractivity contribution in [2.75, 3.05) is 12.8 Å². The summed E-state index contributed by atoms with van der Waals surface area (Å²) in [4.78, 5) is 4.39. The lowest BCUT2D eigenvalue weighted by atomic mass is 10.0. The lowest BCUT2D eigenvalue weighted by molar-refractivity contribution is 0.397. The molecule has 2 N–H and O–H groups in total. The van der Waals surface area contributed by atoms with E-state index in [0.717, 1.165) is 5.69 Å². The van der Waals surface area contributed by atoms with E-state index in [2.05, 4.69) is 4.98 Å². The van der Waals surface area contributed by atoms with Gasteiger partial charge in [0.05, 0.1) is 23.5 Å². The molecule has 1 aliphatic carbocycles. The largest absolute Gasteiger partial charge is 0.480 e. The fraction of sp³-hybridized carbons (Fsp3) is 0.545. The fourth-order valence-electron chi connectivity index (χ4n) is 2.15. The van der Waals surface area contributed by atoms with Gasteiger partial charge in [-0.2, -0.15) is 0 Å². The summed E-state index contributed by atoms with van der Waals surface area (Å²) in [5.41, 5.74) is 7.18. The van der Waals surface area contributed by atoms with Crippen LogP contribution in [0.5, 0.6) is 5.88 Å². The monoisotopic (exact) mass is 226 g/mol. The second-order valence-corrected chi connectivity index (χ2v) is 4.34. The van der Waals surface area contributed by atoms with Crippen LogP contribution >= 0.6 is 11.6 Å². The molecule has 1 aromatic rings. The Morgan fingerprint density at radius 1 is 1.47 bits per heavy atom. The molecule has 4 heteroatoms. The van der Waals surface area contributed by atoms with E-state index < -0.39 is 0 Å². The van der Waals surface area contributed by atoms with Crippen molar-refractivity contribution in [1.82, 2.24) is 4.98 Å². The van der Waals surface area contributed by atoms with E-state index in [4.69, 9.17) is 22.1 Å². The van der Waals surface area contributed by atoms with Crippen molar-refractivity contribution in [3.05, 3.63) is 16.8 Å². The third-order valence-electron chi connectivity index (χ3n) is 2.93. The molecule has 0 bridgehead atoms. The highest BCUT2D eigenvalue weighted by Crippen LogP contribution is 2.38. The van der Waals surface area contributed by atoms with E-state index in [-0.39, 0.29) is 0 Å². The molecule has 0 aliphatic heterocycles. The third-order valence-corrected chi connectivity index (χ3v) is 3.23. The number of anilines is 1. The molecule has 3 nitrogen and oxygen atoms in total. The van der Waals surface area contributed by atoms with Gasteiger partial charge in [-0.05, 0) is 18.9 Å². The number of nitrogens with zero attached hydrogens (tertiary/aromatic N) is 1. The highest BCUT2D eigenvalue weighted by atomic mass is 35.5. The van der Waals surface area contributed by atoms with Gasteiger partial charge < -0.3 is 10.5 Å². The molecular weight excluding hydrogens is 212 g/mol. The minimum Gasteiger partial charge on any atom is -0.480 e. The molecule has 82 valence electrons. The van der Waals surface area contributed by atoms with Crippen LogP contribution in [-0.2, 0) is 0 Å². The predicted molar refractivity (Wildman–Crippen MR) is 61.4 cm³/mol. The fourth-order valence-corrected chi connectivity index (χ4v) is 2.46. The maximum atomic E-state index is 6.14. The molecule has 1 heterocycles. The van der Waals surface area contributed by atoms with Gasteiger partial charge in [0.1, 0.15) is 0 Å². The van der Waals surface area contributed by atoms with Crippen LogP contribution in [0, 0.1) is 0 Å². The molecule has 0 amide bonds. The quantitative estimate of drug-likeness (QED) is 0.844. The van der Waals surface area contributed by atoms with Crippen LogP contribution in [0.3, 0.4) is 0 Å². The SMILES string of the molecule is COc1nc(C2CCCC2)c(Cl)cc1N. The van der Waals surface area contributed by atoms with Gasteiger partial charge >= 0.3 is 0 Å². The average molecular weight is 227 g/mol. The number of aromatic nitrogens is 1. The second-order valence-electron chi connectivity index (χ2n) is 3.94. The molecule has 0 radical (unpaired) electrons. The Morgan fingerprint density at radius 3 is 2.73 bits per heavy atom. The zero-order chi connectivity index (χ0) is 10.8. The van der Waals surface area contributed by atoms with E-state index in [1.165, 1.54) is 25.7 Å². The van der Waals surface area contributed by atoms with E-state index in [1.807, 2.05) is 0 Å². The molecule has 0 aromatic carbocycles. The van der Waals surface area contributed by atoms with Crippen molar-refractivity contribution in [1.29, 1.82) is 0 Å². The molecule has 1 aliphatic rings. The molecule has 0 atom stereocenters. The van der Waals surface area contributed by atoms with Gasteiger partial charge in [-0.15, -0.1) is 0 Å². The zero-order valence-electron chi connectivity index (χ0n) is 8.79. The number of ether oxygens (including phenoxy) is 1. The first-order valence-electron chi connectivity index (χ1n) is 5.22. The van der Waals surface area contributed by atoms with Crippen molar-refractivity contribution in [3.63, 3.8) is 0 Å². The van der Waals surface area contributed by atoms with Crippen molar-refractivity contribution in [3.8, 4) is 5.88 Å². The molecule has 0 unspecified atom stereocenters. The molecule has 0 spiro atoms. The number of halogens is 1. The zero-order valence-corrected chi connectivity index (χ0v) is 9.55. The Labute approximate surface area is 94.6 Å². The van der Waals surface area contributed by atoms with Gasteiger partial charge in [0, 0.05) is 5.92 Å². The standard InChI is InChI=1S/C11H15ClN2O/c1-15-11-9(13)6-8(12)10(14-11)7-4-2-3-5-7/h6-7H,2-5,13H2,1H3. The van der Waals surface area contributed by atoms with Crippen LogP contribution in [-0.4, -0.2) is 12.1 Å². The van der Waals surface area contributed by atoms with E-state index in [9.17, 15) is 0 Å². The van der Waals surface area contributed by atoms with Gasteiger partial charge in [0.15, 0.2) is 0 Å². The molecule has 1 saturated carbocycles. The summed E-state index contributed by atoms with van der Waals surface area (Å²) >= 11 is 6.14. The third kappa shape index (κ3) is 2.02. The summed E-state index contributed by atoms with van der Waals surface area (Å²) in [6.45, 7) is 0. The molecule has 1 aromatic heterocycles. The molecule has 15 heavy (non-hydrogen) atoms. The maximum Gasteiger partial charge on any atom is 0.237 e. The Balaban J connectivity index is 2.37. The average Bonchev–Trinajstić information content (AvgIpc) is 2.71. The summed E-state index contributed by atoms with van der Waals surface area (Å²) in [6, 6.07) is 1.74. The maximum absolute atomic E-state index is 6.14. The summed E-state index contributed by atoms with van der Waals surface area (Å²) in [5, 5.41) is 0.667. The van der Waals surface area contributed by atoms with Gasteiger partial charge in [-0.3, -0.25) is 0 Å². The van der Waals surface area contributed by atoms with E-state index >= 15 is 0 Å². The van der Waals surface area contributed by atoms with Crippen molar-refractivity contribution in [2.45, 2.75) is 31.6 Å². The van der Waals surface area contributed by atoms with Crippen molar-refractivity contribution in [2.24, 2.45) is 0 Å². The van der Waals surface area contributed by atoms with Crippen molar-refractivity contribution < 1.29 is 4.74 Å². The van der Waals surface area contributed by atoms with Gasteiger partial charge in [-0.25, -0.2) is 4.98 Å². The normalized spacial score (nSPS) is 16.9. The number of hydrogen-bond donors (Lipinski definition) is 1. The Hall–Kier alpha value is -0.960. The highest BCUT2D eigenvalue weighted by Gasteiger charge is 2.22. The first-order valence-corrected chi connectivity index (χ1v) is 5.60. The van der Waals surface area contributed by atoms with Crippen LogP contribution in [0.15, 0.2) is 6.07 Å². The lowest BCUT2D eigenvalue weighted by Gasteiger charge is -2.13. The first kappa shape index (κ1) is 10.6. The van der Waals surface area contributed by atoms with Gasteiger partial charge in [0.25, 0.3) is 0 Å². The van der Waals surface area contributed by atoms with E-state index in [0.29, 0.717) is 22.5 Å². The summed E-state index contributed by atoms with van der Waals surface area (Å²) in [5.74, 6) is 0.966. The minimum atomic E-state index is 0.479. The first-order chi connectivity index (χ1) is 7.22. The Kier molecular flexibility index (Phi) is 3.00. The van der Waals surface area contributed by atoms with Crippen LogP contribution in [0.1, 0.15) is 37.3 Å². The number of pyridine rings is 1. The predicted octanol–water partition coefficient (Wildman–Crippen LogP) is 2.98. The summed E-state index contributed by atoms with van der Waals surface area (Å²) in [7, 11) is 1.57. The van der Waals surface area contributed by atoms with Crippen LogP contribution in [0.25, 0.3) is 0 Å². The Morgan fingerprint density at radius 2 is 2.13 bits per heavy atom. The topological polar surface area (TPSA) is 48.1 Å². The number of methoxy groups -OCH3 is 1. The number of nitrogen functional groups attached to an aromatic ring is 1. The van der Waals surface area contributed by atoms with Gasteiger partial charge in [0.2, 0.25) is 5.88 Å². The lowest BCUT2D eigenvalue weighted by Crippen LogP contribution is -2.03. The number of rotatable bonds is 2. The summed E-state index contributed by atoms with van der Waals surface area (Å²) < 4.78 is 5.11. The van der Waals surface area contributed by atoms with Crippen LogP contribution < -0.4 is 10.5 Å². The highest BCUT2D eigenvalue weighted by molar-refractivity contribution is 6.31. The minimum absolute atomic E-state index is 0.479. The smallest absolute Gasteiger partial charge is 0.237 e. The molecule has 2 rings (SSSR count). The van der Waals surface area contributed by atoms with E-state index in [1.54, 1.807) is 13.2 Å². The molecule has 0 saturated heterocycles. The number of hydrogen-bond acceptors (Lipinski definition) is 3. The second kappa shape index (κ2) is 4.27. The molecule has 1 fully saturated rings. The summed E-state index contributed by atoms with van der Waals surface area (Å²) in [6.07, 6.45) is 4.85. The van der Waals surface area contributed by atoms with Crippen molar-refractivity contribution >= 4 is 17.3 Å². The van der Waals surface area contributed by atoms with Crippen LogP contribution in [0.4, 0.5) is 5.69 Å². The van der Waals surface area contributed by atoms with Gasteiger partial charge in [-0.1, -0.05) is 24.4 Å². The number of nitrogens with two attached hydrogens (primary N) is 1. The van der Waals surface area contributed by atoms with Crippen LogP contribution in [0.2, 0.25) is 5.02 Å². The Bertz CT molecular complexity index is 362. The molecular formula is C11H15ClN2O.